The molecule has 0 radical (unpaired) electrons. The van der Waals surface area contributed by atoms with E-state index in [1.165, 1.54) is 4.68 Å². The quantitative estimate of drug-likeness (QED) is 0.709. The molecule has 1 amide bonds. The van der Waals surface area contributed by atoms with E-state index >= 15 is 0 Å². The summed E-state index contributed by atoms with van der Waals surface area (Å²) in [7, 11) is 1.66. The molecule has 0 aliphatic heterocycles. The molecular weight excluding hydrogens is 356 g/mol. The fourth-order valence-corrected chi connectivity index (χ4v) is 3.79. The summed E-state index contributed by atoms with van der Waals surface area (Å²) in [5, 5.41) is 8.32. The molecule has 28 heavy (non-hydrogen) atoms. The number of carbonyl (C=O) groups excluding carboxylic acids is 1. The zero-order valence-electron chi connectivity index (χ0n) is 16.0. The Kier molecular flexibility index (Phi) is 5.14. The third kappa shape index (κ3) is 3.65. The van der Waals surface area contributed by atoms with Gasteiger partial charge in [-0.1, -0.05) is 6.07 Å². The van der Waals surface area contributed by atoms with Crippen LogP contribution in [0.2, 0.25) is 0 Å². The highest BCUT2D eigenvalue weighted by atomic mass is 16.5. The van der Waals surface area contributed by atoms with Crippen LogP contribution in [0.15, 0.2) is 41.3 Å². The molecule has 1 N–H and O–H groups in total. The summed E-state index contributed by atoms with van der Waals surface area (Å²) in [6, 6.07) is 9.54. The van der Waals surface area contributed by atoms with Gasteiger partial charge in [0.15, 0.2) is 0 Å². The van der Waals surface area contributed by atoms with E-state index in [0.717, 1.165) is 53.6 Å². The lowest BCUT2D eigenvalue weighted by atomic mass is 9.97. The smallest absolute Gasteiger partial charge is 0.267 e. The van der Waals surface area contributed by atoms with E-state index in [0.29, 0.717) is 13.1 Å². The average molecular weight is 380 g/mol. The minimum Gasteiger partial charge on any atom is -0.496 e. The topological polar surface area (TPSA) is 78.2 Å². The largest absolute Gasteiger partial charge is 0.496 e. The lowest BCUT2D eigenvalue weighted by Crippen LogP contribution is -2.36. The maximum absolute atomic E-state index is 12.3. The van der Waals surface area contributed by atoms with Crippen molar-refractivity contribution < 1.29 is 9.53 Å². The highest BCUT2D eigenvalue weighted by molar-refractivity contribution is 5.86. The zero-order chi connectivity index (χ0) is 19.5. The van der Waals surface area contributed by atoms with Crippen LogP contribution in [0.4, 0.5) is 0 Å². The van der Waals surface area contributed by atoms with Crippen LogP contribution in [-0.4, -0.2) is 33.9 Å². The van der Waals surface area contributed by atoms with Crippen molar-refractivity contribution in [3.8, 4) is 5.75 Å². The van der Waals surface area contributed by atoms with Gasteiger partial charge in [-0.25, -0.2) is 4.68 Å². The van der Waals surface area contributed by atoms with Crippen molar-refractivity contribution >= 4 is 16.8 Å². The van der Waals surface area contributed by atoms with Gasteiger partial charge in [0.2, 0.25) is 5.91 Å². The standard InChI is InChI=1S/C21H24N4O3/c1-28-19-8-4-7-18-16(19)9-11-24(18)12-10-22-20(26)14-25-21(27)13-15-5-2-3-6-17(15)23-25/h4,7-9,11,13H,2-3,5-6,10,12,14H2,1H3,(H,22,26). The summed E-state index contributed by atoms with van der Waals surface area (Å²) in [6.07, 6.45) is 5.94. The van der Waals surface area contributed by atoms with Crippen LogP contribution in [0.25, 0.3) is 10.9 Å². The maximum Gasteiger partial charge on any atom is 0.267 e. The number of carbonyl (C=O) groups is 1. The number of fused-ring (bicyclic) bond motifs is 2. The van der Waals surface area contributed by atoms with Crippen LogP contribution in [-0.2, 0) is 30.7 Å². The van der Waals surface area contributed by atoms with Crippen molar-refractivity contribution in [1.82, 2.24) is 19.7 Å². The number of nitrogens with one attached hydrogen (secondary N) is 1. The molecule has 0 bridgehead atoms. The predicted molar refractivity (Wildman–Crippen MR) is 107 cm³/mol. The summed E-state index contributed by atoms with van der Waals surface area (Å²) < 4.78 is 8.72. The highest BCUT2D eigenvalue weighted by Gasteiger charge is 2.14. The molecule has 0 saturated heterocycles. The first kappa shape index (κ1) is 18.3. The van der Waals surface area contributed by atoms with Crippen LogP contribution in [0.3, 0.4) is 0 Å². The summed E-state index contributed by atoms with van der Waals surface area (Å²) >= 11 is 0. The van der Waals surface area contributed by atoms with Crippen molar-refractivity contribution in [2.24, 2.45) is 0 Å². The van der Waals surface area contributed by atoms with Gasteiger partial charge in [0.05, 0.1) is 18.3 Å². The number of aromatic nitrogens is 3. The Morgan fingerprint density at radius 2 is 2.11 bits per heavy atom. The van der Waals surface area contributed by atoms with Gasteiger partial charge in [0, 0.05) is 30.7 Å². The van der Waals surface area contributed by atoms with Crippen molar-refractivity contribution in [2.75, 3.05) is 13.7 Å². The molecule has 7 nitrogen and oxygen atoms in total. The van der Waals surface area contributed by atoms with Gasteiger partial charge in [0.25, 0.3) is 5.56 Å². The molecule has 0 spiro atoms. The molecule has 0 atom stereocenters. The Hall–Kier alpha value is -3.09. The van der Waals surface area contributed by atoms with Crippen molar-refractivity contribution in [3.05, 3.63) is 58.1 Å². The molecular formula is C21H24N4O3. The lowest BCUT2D eigenvalue weighted by Gasteiger charge is -2.15. The number of amides is 1. The normalized spacial score (nSPS) is 13.3. The van der Waals surface area contributed by atoms with Crippen LogP contribution in [0, 0.1) is 0 Å². The number of benzene rings is 1. The molecule has 1 aliphatic carbocycles. The summed E-state index contributed by atoms with van der Waals surface area (Å²) in [5.41, 5.74) is 2.83. The van der Waals surface area contributed by atoms with Crippen molar-refractivity contribution in [2.45, 2.75) is 38.8 Å². The zero-order valence-corrected chi connectivity index (χ0v) is 16.0. The van der Waals surface area contributed by atoms with Gasteiger partial charge in [-0.15, -0.1) is 0 Å². The summed E-state index contributed by atoms with van der Waals surface area (Å²) in [4.78, 5) is 24.5. The molecule has 0 fully saturated rings. The number of aryl methyl sites for hydroxylation is 2. The first-order valence-electron chi connectivity index (χ1n) is 9.64. The van der Waals surface area contributed by atoms with Crippen LogP contribution >= 0.6 is 0 Å². The van der Waals surface area contributed by atoms with Gasteiger partial charge < -0.3 is 14.6 Å². The predicted octanol–water partition coefficient (Wildman–Crippen LogP) is 1.90. The molecule has 0 unspecified atom stereocenters. The van der Waals surface area contributed by atoms with Gasteiger partial charge in [-0.3, -0.25) is 9.59 Å². The van der Waals surface area contributed by atoms with Crippen molar-refractivity contribution in [1.29, 1.82) is 0 Å². The molecule has 2 aromatic heterocycles. The minimum absolute atomic E-state index is 0.0492. The Morgan fingerprint density at radius 3 is 2.96 bits per heavy atom. The van der Waals surface area contributed by atoms with Crippen LogP contribution in [0.1, 0.15) is 24.1 Å². The number of rotatable bonds is 6. The second-order valence-corrected chi connectivity index (χ2v) is 7.07. The SMILES string of the molecule is COc1cccc2c1ccn2CCNC(=O)Cn1nc2c(cc1=O)CCCC2. The third-order valence-corrected chi connectivity index (χ3v) is 5.24. The van der Waals surface area contributed by atoms with Gasteiger partial charge in [-0.05, 0) is 49.4 Å². The number of hydrogen-bond donors (Lipinski definition) is 1. The van der Waals surface area contributed by atoms with Gasteiger partial charge in [-0.2, -0.15) is 5.10 Å². The van der Waals surface area contributed by atoms with Crippen LogP contribution < -0.4 is 15.6 Å². The fraction of sp³-hybridized carbons (Fsp3) is 0.381. The van der Waals surface area contributed by atoms with E-state index in [2.05, 4.69) is 15.0 Å². The third-order valence-electron chi connectivity index (χ3n) is 5.24. The van der Waals surface area contributed by atoms with Crippen molar-refractivity contribution in [3.63, 3.8) is 0 Å². The number of methoxy groups -OCH3 is 1. The first-order valence-corrected chi connectivity index (χ1v) is 9.64. The molecule has 146 valence electrons. The maximum atomic E-state index is 12.3. The minimum atomic E-state index is -0.209. The summed E-state index contributed by atoms with van der Waals surface area (Å²) in [6.45, 7) is 1.06. The monoisotopic (exact) mass is 380 g/mol. The van der Waals surface area contributed by atoms with Gasteiger partial charge in [0.1, 0.15) is 12.3 Å². The van der Waals surface area contributed by atoms with Gasteiger partial charge >= 0.3 is 0 Å². The number of ether oxygens (including phenoxy) is 1. The second kappa shape index (κ2) is 7.88. The van der Waals surface area contributed by atoms with E-state index in [4.69, 9.17) is 4.74 Å². The number of hydrogen-bond acceptors (Lipinski definition) is 4. The number of nitrogens with zero attached hydrogens (tertiary/aromatic N) is 3. The molecule has 1 aromatic carbocycles. The first-order chi connectivity index (χ1) is 13.7. The fourth-order valence-electron chi connectivity index (χ4n) is 3.79. The Morgan fingerprint density at radius 1 is 1.25 bits per heavy atom. The Balaban J connectivity index is 1.37. The molecule has 7 heteroatoms. The van der Waals surface area contributed by atoms with E-state index < -0.39 is 0 Å². The molecule has 2 heterocycles. The molecule has 4 rings (SSSR count). The van der Waals surface area contributed by atoms with E-state index in [-0.39, 0.29) is 18.0 Å². The highest BCUT2D eigenvalue weighted by Crippen LogP contribution is 2.26. The van der Waals surface area contributed by atoms with E-state index in [1.807, 2.05) is 30.5 Å². The molecule has 0 saturated carbocycles. The Labute approximate surface area is 162 Å². The Bertz CT molecular complexity index is 1070. The average Bonchev–Trinajstić information content (AvgIpc) is 3.12. The van der Waals surface area contributed by atoms with Crippen LogP contribution in [0.5, 0.6) is 5.75 Å². The second-order valence-electron chi connectivity index (χ2n) is 7.07. The molecule has 3 aromatic rings. The van der Waals surface area contributed by atoms with E-state index in [1.54, 1.807) is 13.2 Å². The molecule has 1 aliphatic rings. The lowest BCUT2D eigenvalue weighted by molar-refractivity contribution is -0.121. The summed E-state index contributed by atoms with van der Waals surface area (Å²) in [5.74, 6) is 0.623. The van der Waals surface area contributed by atoms with E-state index in [9.17, 15) is 9.59 Å².